The van der Waals surface area contributed by atoms with Gasteiger partial charge in [-0.15, -0.1) is 0 Å². The van der Waals surface area contributed by atoms with Crippen molar-refractivity contribution in [3.63, 3.8) is 0 Å². The van der Waals surface area contributed by atoms with Gasteiger partial charge in [0.2, 0.25) is 0 Å². The molecular formula is C13H8BrNO2. The second-order valence-electron chi connectivity index (χ2n) is 4.01. The van der Waals surface area contributed by atoms with E-state index in [1.165, 1.54) is 0 Å². The molecule has 2 aromatic rings. The fourth-order valence-electron chi connectivity index (χ4n) is 2.34. The molecule has 0 fully saturated rings. The highest BCUT2D eigenvalue weighted by Crippen LogP contribution is 2.45. The van der Waals surface area contributed by atoms with Crippen molar-refractivity contribution < 1.29 is 4.92 Å². The third kappa shape index (κ3) is 1.48. The highest BCUT2D eigenvalue weighted by atomic mass is 79.9. The van der Waals surface area contributed by atoms with E-state index in [2.05, 4.69) is 15.9 Å². The second kappa shape index (κ2) is 3.67. The van der Waals surface area contributed by atoms with Crippen molar-refractivity contribution in [2.45, 2.75) is 6.42 Å². The van der Waals surface area contributed by atoms with Gasteiger partial charge in [0.25, 0.3) is 5.69 Å². The Balaban J connectivity index is 2.37. The van der Waals surface area contributed by atoms with Crippen molar-refractivity contribution in [3.8, 4) is 11.1 Å². The van der Waals surface area contributed by atoms with Crippen LogP contribution in [0.1, 0.15) is 11.1 Å². The normalized spacial score (nSPS) is 12.1. The largest absolute Gasteiger partial charge is 0.277 e. The molecule has 0 saturated heterocycles. The van der Waals surface area contributed by atoms with Gasteiger partial charge in [-0.3, -0.25) is 10.1 Å². The topological polar surface area (TPSA) is 43.1 Å². The SMILES string of the molecule is O=[N+]([O-])c1ccc(Br)c2c1-c1ccccc1C2. The van der Waals surface area contributed by atoms with Gasteiger partial charge in [0.05, 0.1) is 10.5 Å². The highest BCUT2D eigenvalue weighted by molar-refractivity contribution is 9.10. The van der Waals surface area contributed by atoms with Crippen LogP contribution in [0.15, 0.2) is 40.9 Å². The Labute approximate surface area is 106 Å². The monoisotopic (exact) mass is 289 g/mol. The molecule has 3 nitrogen and oxygen atoms in total. The van der Waals surface area contributed by atoms with Gasteiger partial charge in [0, 0.05) is 17.0 Å². The second-order valence-corrected chi connectivity index (χ2v) is 4.87. The van der Waals surface area contributed by atoms with Gasteiger partial charge in [0.1, 0.15) is 0 Å². The number of fused-ring (bicyclic) bond motifs is 3. The molecule has 3 rings (SSSR count). The number of hydrogen-bond donors (Lipinski definition) is 0. The maximum Gasteiger partial charge on any atom is 0.277 e. The lowest BCUT2D eigenvalue weighted by molar-refractivity contribution is -0.384. The Morgan fingerprint density at radius 1 is 1.18 bits per heavy atom. The zero-order valence-corrected chi connectivity index (χ0v) is 10.4. The zero-order chi connectivity index (χ0) is 12.0. The van der Waals surface area contributed by atoms with Crippen LogP contribution in [0.4, 0.5) is 5.69 Å². The first-order valence-electron chi connectivity index (χ1n) is 5.22. The van der Waals surface area contributed by atoms with Crippen LogP contribution in [0.5, 0.6) is 0 Å². The molecule has 0 saturated carbocycles. The lowest BCUT2D eigenvalue weighted by atomic mass is 10.0. The summed E-state index contributed by atoms with van der Waals surface area (Å²) < 4.78 is 0.939. The number of nitrogens with zero attached hydrogens (tertiary/aromatic N) is 1. The average molecular weight is 290 g/mol. The van der Waals surface area contributed by atoms with Crippen LogP contribution in [0.25, 0.3) is 11.1 Å². The molecule has 0 atom stereocenters. The van der Waals surface area contributed by atoms with E-state index >= 15 is 0 Å². The number of halogens is 1. The van der Waals surface area contributed by atoms with Crippen molar-refractivity contribution in [3.05, 3.63) is 62.1 Å². The van der Waals surface area contributed by atoms with E-state index in [4.69, 9.17) is 0 Å². The van der Waals surface area contributed by atoms with Gasteiger partial charge in [0.15, 0.2) is 0 Å². The molecule has 0 aromatic heterocycles. The fourth-order valence-corrected chi connectivity index (χ4v) is 2.81. The fraction of sp³-hybridized carbons (Fsp3) is 0.0769. The summed E-state index contributed by atoms with van der Waals surface area (Å²) in [6.07, 6.45) is 0.758. The molecule has 2 aromatic carbocycles. The molecule has 0 bridgehead atoms. The van der Waals surface area contributed by atoms with Crippen molar-refractivity contribution >= 4 is 21.6 Å². The maximum absolute atomic E-state index is 11.1. The first-order chi connectivity index (χ1) is 8.18. The van der Waals surface area contributed by atoms with Gasteiger partial charge in [-0.2, -0.15) is 0 Å². The molecule has 0 heterocycles. The Morgan fingerprint density at radius 2 is 1.94 bits per heavy atom. The van der Waals surface area contributed by atoms with Crippen LogP contribution < -0.4 is 0 Å². The molecule has 0 N–H and O–H groups in total. The third-order valence-corrected chi connectivity index (χ3v) is 3.83. The molecule has 0 spiro atoms. The van der Waals surface area contributed by atoms with Crippen LogP contribution in [-0.4, -0.2) is 4.92 Å². The van der Waals surface area contributed by atoms with Crippen LogP contribution in [0.3, 0.4) is 0 Å². The number of hydrogen-bond acceptors (Lipinski definition) is 2. The Morgan fingerprint density at radius 3 is 2.71 bits per heavy atom. The number of benzene rings is 2. The van der Waals surface area contributed by atoms with Gasteiger partial charge in [-0.25, -0.2) is 0 Å². The van der Waals surface area contributed by atoms with Crippen molar-refractivity contribution in [2.75, 3.05) is 0 Å². The minimum Gasteiger partial charge on any atom is -0.258 e. The summed E-state index contributed by atoms with van der Waals surface area (Å²) in [5, 5.41) is 11.1. The quantitative estimate of drug-likeness (QED) is 0.503. The van der Waals surface area contributed by atoms with E-state index in [1.54, 1.807) is 12.1 Å². The Hall–Kier alpha value is -1.68. The molecular weight excluding hydrogens is 282 g/mol. The van der Waals surface area contributed by atoms with Crippen LogP contribution >= 0.6 is 15.9 Å². The lowest BCUT2D eigenvalue weighted by Crippen LogP contribution is -1.93. The summed E-state index contributed by atoms with van der Waals surface area (Å²) >= 11 is 3.47. The lowest BCUT2D eigenvalue weighted by Gasteiger charge is -2.03. The predicted octanol–water partition coefficient (Wildman–Crippen LogP) is 3.93. The standard InChI is InChI=1S/C13H8BrNO2/c14-11-5-6-12(15(16)17)13-9-4-2-1-3-8(9)7-10(11)13/h1-6H,7H2. The van der Waals surface area contributed by atoms with E-state index in [0.717, 1.165) is 33.1 Å². The van der Waals surface area contributed by atoms with Crippen LogP contribution in [0, 0.1) is 10.1 Å². The number of rotatable bonds is 1. The van der Waals surface area contributed by atoms with Gasteiger partial charge in [-0.05, 0) is 22.8 Å². The smallest absolute Gasteiger partial charge is 0.258 e. The minimum atomic E-state index is -0.312. The number of nitro groups is 1. The summed E-state index contributed by atoms with van der Waals surface area (Å²) in [5.41, 5.74) is 4.10. The van der Waals surface area contributed by atoms with Gasteiger partial charge in [-0.1, -0.05) is 40.2 Å². The zero-order valence-electron chi connectivity index (χ0n) is 8.81. The van der Waals surface area contributed by atoms with Gasteiger partial charge >= 0.3 is 0 Å². The molecule has 1 aliphatic carbocycles. The molecule has 0 radical (unpaired) electrons. The summed E-state index contributed by atoms with van der Waals surface area (Å²) in [7, 11) is 0. The molecule has 0 aliphatic heterocycles. The summed E-state index contributed by atoms with van der Waals surface area (Å²) in [5.74, 6) is 0. The van der Waals surface area contributed by atoms with E-state index < -0.39 is 0 Å². The summed E-state index contributed by atoms with van der Waals surface area (Å²) in [4.78, 5) is 10.8. The Bertz CT molecular complexity index is 637. The average Bonchev–Trinajstić information content (AvgIpc) is 2.69. The Kier molecular flexibility index (Phi) is 2.26. The molecule has 4 heteroatoms. The van der Waals surface area contributed by atoms with E-state index in [-0.39, 0.29) is 10.6 Å². The first kappa shape index (κ1) is 10.5. The summed E-state index contributed by atoms with van der Waals surface area (Å²) in [6, 6.07) is 11.2. The molecule has 17 heavy (non-hydrogen) atoms. The third-order valence-electron chi connectivity index (χ3n) is 3.08. The van der Waals surface area contributed by atoms with Gasteiger partial charge < -0.3 is 0 Å². The van der Waals surface area contributed by atoms with Crippen molar-refractivity contribution in [1.29, 1.82) is 0 Å². The van der Waals surface area contributed by atoms with Crippen LogP contribution in [0.2, 0.25) is 0 Å². The molecule has 0 amide bonds. The molecule has 0 unspecified atom stereocenters. The van der Waals surface area contributed by atoms with Crippen LogP contribution in [-0.2, 0) is 6.42 Å². The highest BCUT2D eigenvalue weighted by Gasteiger charge is 2.28. The minimum absolute atomic E-state index is 0.188. The van der Waals surface area contributed by atoms with E-state index in [9.17, 15) is 10.1 Å². The molecule has 84 valence electrons. The summed E-state index contributed by atoms with van der Waals surface area (Å²) in [6.45, 7) is 0. The maximum atomic E-state index is 11.1. The van der Waals surface area contributed by atoms with Crippen molar-refractivity contribution in [1.82, 2.24) is 0 Å². The van der Waals surface area contributed by atoms with E-state index in [1.807, 2.05) is 24.3 Å². The first-order valence-corrected chi connectivity index (χ1v) is 6.02. The van der Waals surface area contributed by atoms with Crippen molar-refractivity contribution in [2.24, 2.45) is 0 Å². The molecule has 1 aliphatic rings. The predicted molar refractivity (Wildman–Crippen MR) is 69.0 cm³/mol. The van der Waals surface area contributed by atoms with E-state index in [0.29, 0.717) is 0 Å². The number of nitro benzene ring substituents is 1.